The quantitative estimate of drug-likeness (QED) is 0.313. The largest absolute Gasteiger partial charge is 0.330 e. The standard InChI is InChI=1S/C10H22N4.C9H22N4/c1-3-11-9-13(5-1)7-8-14-6-2-4-12-10-14;10-3-1-4-11-6-8-13-7-2-5-12-9-13/h11-12H,1-10H2;11-12H,1-10H2. The first-order chi connectivity index (χ1) is 13.4. The molecule has 0 amide bonds. The molecule has 0 radical (unpaired) electrons. The summed E-state index contributed by atoms with van der Waals surface area (Å²) in [6.45, 7) is 17.1. The van der Waals surface area contributed by atoms with Crippen molar-refractivity contribution in [1.29, 1.82) is 0 Å². The topological polar surface area (TPSA) is 83.9 Å². The van der Waals surface area contributed by atoms with Crippen LogP contribution >= 0.6 is 0 Å². The van der Waals surface area contributed by atoms with Gasteiger partial charge in [-0.15, -0.1) is 0 Å². The molecule has 0 aromatic rings. The first-order valence-electron chi connectivity index (χ1n) is 11.1. The third-order valence-corrected chi connectivity index (χ3v) is 5.38. The molecule has 0 aromatic heterocycles. The third-order valence-electron chi connectivity index (χ3n) is 5.38. The summed E-state index contributed by atoms with van der Waals surface area (Å²) in [7, 11) is 0. The van der Waals surface area contributed by atoms with E-state index >= 15 is 0 Å². The van der Waals surface area contributed by atoms with Gasteiger partial charge in [-0.05, 0) is 58.4 Å². The molecule has 0 aliphatic carbocycles. The van der Waals surface area contributed by atoms with Gasteiger partial charge in [0, 0.05) is 65.8 Å². The summed E-state index contributed by atoms with van der Waals surface area (Å²) in [4.78, 5) is 7.47. The fraction of sp³-hybridized carbons (Fsp3) is 1.00. The minimum atomic E-state index is 0.790. The third kappa shape index (κ3) is 11.3. The maximum Gasteiger partial charge on any atom is 0.0481 e. The highest BCUT2D eigenvalue weighted by Crippen LogP contribution is 1.99. The highest BCUT2D eigenvalue weighted by atomic mass is 15.3. The van der Waals surface area contributed by atoms with Crippen molar-refractivity contribution in [2.45, 2.75) is 25.7 Å². The second kappa shape index (κ2) is 15.6. The van der Waals surface area contributed by atoms with Crippen LogP contribution in [0.3, 0.4) is 0 Å². The fourth-order valence-corrected chi connectivity index (χ4v) is 3.68. The summed E-state index contributed by atoms with van der Waals surface area (Å²) in [6, 6.07) is 0. The molecule has 3 aliphatic heterocycles. The number of nitrogens with zero attached hydrogens (tertiary/aromatic N) is 3. The first-order valence-corrected chi connectivity index (χ1v) is 11.1. The van der Waals surface area contributed by atoms with E-state index in [1.54, 1.807) is 0 Å². The van der Waals surface area contributed by atoms with Crippen LogP contribution in [0.25, 0.3) is 0 Å². The zero-order valence-corrected chi connectivity index (χ0v) is 17.4. The Morgan fingerprint density at radius 1 is 0.667 bits per heavy atom. The van der Waals surface area contributed by atoms with Gasteiger partial charge in [0.25, 0.3) is 0 Å². The van der Waals surface area contributed by atoms with Crippen LogP contribution in [-0.2, 0) is 0 Å². The lowest BCUT2D eigenvalue weighted by atomic mass is 10.3. The molecular formula is C19H44N8. The summed E-state index contributed by atoms with van der Waals surface area (Å²) in [5.74, 6) is 0. The van der Waals surface area contributed by atoms with Gasteiger partial charge in [-0.25, -0.2) is 0 Å². The van der Waals surface area contributed by atoms with Crippen LogP contribution in [0.4, 0.5) is 0 Å². The van der Waals surface area contributed by atoms with Crippen LogP contribution in [0.5, 0.6) is 0 Å². The van der Waals surface area contributed by atoms with Gasteiger partial charge in [-0.2, -0.15) is 0 Å². The molecule has 3 saturated heterocycles. The minimum Gasteiger partial charge on any atom is -0.330 e. The lowest BCUT2D eigenvalue weighted by molar-refractivity contribution is 0.154. The summed E-state index contributed by atoms with van der Waals surface area (Å²) in [5.41, 5.74) is 5.39. The van der Waals surface area contributed by atoms with Crippen LogP contribution in [0, 0.1) is 0 Å². The Kier molecular flexibility index (Phi) is 13.3. The molecule has 0 unspecified atom stereocenters. The summed E-state index contributed by atoms with van der Waals surface area (Å²) in [5, 5.41) is 13.6. The molecule has 3 rings (SSSR count). The second-order valence-electron chi connectivity index (χ2n) is 7.78. The van der Waals surface area contributed by atoms with E-state index in [0.717, 1.165) is 52.6 Å². The highest BCUT2D eigenvalue weighted by Gasteiger charge is 2.13. The maximum absolute atomic E-state index is 5.39. The number of nitrogens with one attached hydrogen (secondary N) is 4. The molecule has 160 valence electrons. The normalized spacial score (nSPS) is 23.0. The van der Waals surface area contributed by atoms with E-state index in [9.17, 15) is 0 Å². The van der Waals surface area contributed by atoms with Crippen molar-refractivity contribution in [3.63, 3.8) is 0 Å². The number of hydrogen-bond donors (Lipinski definition) is 5. The average molecular weight is 385 g/mol. The van der Waals surface area contributed by atoms with E-state index in [4.69, 9.17) is 5.73 Å². The van der Waals surface area contributed by atoms with E-state index in [1.807, 2.05) is 0 Å². The fourth-order valence-electron chi connectivity index (χ4n) is 3.68. The number of rotatable bonds is 9. The zero-order valence-electron chi connectivity index (χ0n) is 17.4. The molecule has 0 aromatic carbocycles. The van der Waals surface area contributed by atoms with Gasteiger partial charge < -0.3 is 27.0 Å². The SMILES string of the molecule is C1CNCN(CCN2CCCNC2)C1.NCCCNCCN1CCCNC1. The van der Waals surface area contributed by atoms with E-state index in [1.165, 1.54) is 71.6 Å². The Bertz CT molecular complexity index is 308. The molecule has 8 heteroatoms. The molecule has 3 aliphatic rings. The molecule has 27 heavy (non-hydrogen) atoms. The highest BCUT2D eigenvalue weighted by molar-refractivity contribution is 4.69. The van der Waals surface area contributed by atoms with Crippen LogP contribution in [0.1, 0.15) is 25.7 Å². The lowest BCUT2D eigenvalue weighted by Gasteiger charge is -2.32. The van der Waals surface area contributed by atoms with Gasteiger partial charge in [0.1, 0.15) is 0 Å². The lowest BCUT2D eigenvalue weighted by Crippen LogP contribution is -2.48. The van der Waals surface area contributed by atoms with Crippen LogP contribution in [0.15, 0.2) is 0 Å². The van der Waals surface area contributed by atoms with Gasteiger partial charge in [0.15, 0.2) is 0 Å². The average Bonchev–Trinajstić information content (AvgIpc) is 2.75. The predicted molar refractivity (Wildman–Crippen MR) is 114 cm³/mol. The summed E-state index contributed by atoms with van der Waals surface area (Å²) >= 11 is 0. The van der Waals surface area contributed by atoms with Crippen molar-refractivity contribution < 1.29 is 0 Å². The van der Waals surface area contributed by atoms with Gasteiger partial charge in [-0.1, -0.05) is 0 Å². The van der Waals surface area contributed by atoms with E-state index in [-0.39, 0.29) is 0 Å². The second-order valence-corrected chi connectivity index (χ2v) is 7.78. The van der Waals surface area contributed by atoms with Gasteiger partial charge in [0.2, 0.25) is 0 Å². The van der Waals surface area contributed by atoms with E-state index in [0.29, 0.717) is 0 Å². The number of nitrogens with two attached hydrogens (primary N) is 1. The molecule has 6 N–H and O–H groups in total. The summed E-state index contributed by atoms with van der Waals surface area (Å²) in [6.07, 6.45) is 4.97. The Morgan fingerprint density at radius 3 is 1.56 bits per heavy atom. The van der Waals surface area contributed by atoms with Gasteiger partial charge >= 0.3 is 0 Å². The van der Waals surface area contributed by atoms with E-state index < -0.39 is 0 Å². The Labute approximate surface area is 166 Å². The van der Waals surface area contributed by atoms with Gasteiger partial charge in [-0.3, -0.25) is 14.7 Å². The summed E-state index contributed by atoms with van der Waals surface area (Å²) < 4.78 is 0. The van der Waals surface area contributed by atoms with Crippen molar-refractivity contribution in [3.05, 3.63) is 0 Å². The van der Waals surface area contributed by atoms with Crippen molar-refractivity contribution in [1.82, 2.24) is 36.0 Å². The molecular weight excluding hydrogens is 340 g/mol. The monoisotopic (exact) mass is 384 g/mol. The number of hydrogen-bond acceptors (Lipinski definition) is 8. The van der Waals surface area contributed by atoms with E-state index in [2.05, 4.69) is 36.0 Å². The Hall–Kier alpha value is -0.320. The first kappa shape index (κ1) is 23.0. The Balaban J connectivity index is 0.000000194. The molecule has 0 spiro atoms. The molecule has 0 saturated carbocycles. The van der Waals surface area contributed by atoms with Crippen molar-refractivity contribution >= 4 is 0 Å². The van der Waals surface area contributed by atoms with Crippen LogP contribution < -0.4 is 27.0 Å². The van der Waals surface area contributed by atoms with Crippen molar-refractivity contribution in [2.24, 2.45) is 5.73 Å². The smallest absolute Gasteiger partial charge is 0.0481 e. The minimum absolute atomic E-state index is 0.790. The molecule has 3 heterocycles. The Morgan fingerprint density at radius 2 is 1.15 bits per heavy atom. The van der Waals surface area contributed by atoms with Gasteiger partial charge in [0.05, 0.1) is 0 Å². The molecule has 8 nitrogen and oxygen atoms in total. The van der Waals surface area contributed by atoms with Crippen LogP contribution in [0.2, 0.25) is 0 Å². The maximum atomic E-state index is 5.39. The molecule has 0 atom stereocenters. The zero-order chi connectivity index (χ0) is 19.0. The predicted octanol–water partition coefficient (Wildman–Crippen LogP) is -1.33. The van der Waals surface area contributed by atoms with Crippen molar-refractivity contribution in [2.75, 3.05) is 98.5 Å². The molecule has 0 bridgehead atoms. The molecule has 3 fully saturated rings. The van der Waals surface area contributed by atoms with Crippen molar-refractivity contribution in [3.8, 4) is 0 Å². The van der Waals surface area contributed by atoms with Crippen LogP contribution in [-0.4, -0.2) is 113 Å².